The number of H-pyrrole nitrogens is 1. The van der Waals surface area contributed by atoms with Gasteiger partial charge >= 0.3 is 11.9 Å². The number of aromatic hydroxyl groups is 1. The summed E-state index contributed by atoms with van der Waals surface area (Å²) in [5, 5.41) is 36.5. The number of aliphatic carboxylic acids is 2. The van der Waals surface area contributed by atoms with Crippen molar-refractivity contribution in [3.8, 4) is 5.75 Å². The molecule has 13 nitrogen and oxygen atoms in total. The first-order valence-electron chi connectivity index (χ1n) is 13.8. The first kappa shape index (κ1) is 32.6. The van der Waals surface area contributed by atoms with Crippen LogP contribution in [0.4, 0.5) is 0 Å². The lowest BCUT2D eigenvalue weighted by Crippen LogP contribution is -2.58. The summed E-state index contributed by atoms with van der Waals surface area (Å²) in [5.41, 5.74) is 8.11. The molecule has 5 atom stereocenters. The van der Waals surface area contributed by atoms with Crippen molar-refractivity contribution in [1.82, 2.24) is 20.9 Å². The number of amides is 3. The van der Waals surface area contributed by atoms with E-state index in [9.17, 15) is 34.2 Å². The number of hydrogen-bond donors (Lipinski definition) is 8. The zero-order valence-corrected chi connectivity index (χ0v) is 23.9. The standard InChI is InChI=1S/C30H37N5O8/c1-3-16(2)26(31)29(41)34-22(12-17-8-10-19(36)11-9-17)27(39)33-23(28(40)35-24(30(42)43)14-25(37)38)13-18-15-32-21-7-5-4-6-20(18)21/h4-11,15-16,22-24,26,32,36H,3,12-14,31H2,1-2H3,(H,33,39)(H,34,41)(H,35,40)(H,37,38)(H,42,43). The van der Waals surface area contributed by atoms with Gasteiger partial charge in [-0.25, -0.2) is 4.79 Å². The van der Waals surface area contributed by atoms with Gasteiger partial charge in [-0.15, -0.1) is 0 Å². The average molecular weight is 596 g/mol. The molecule has 43 heavy (non-hydrogen) atoms. The maximum Gasteiger partial charge on any atom is 0.326 e. The SMILES string of the molecule is CCC(C)C(N)C(=O)NC(Cc1ccc(O)cc1)C(=O)NC(Cc1c[nH]c2ccccc12)C(=O)NC(CC(=O)O)C(=O)O. The van der Waals surface area contributed by atoms with Gasteiger partial charge in [-0.05, 0) is 35.2 Å². The second-order valence-electron chi connectivity index (χ2n) is 10.5. The van der Waals surface area contributed by atoms with Gasteiger partial charge in [0.05, 0.1) is 12.5 Å². The van der Waals surface area contributed by atoms with Crippen molar-refractivity contribution in [2.45, 2.75) is 63.7 Å². The first-order chi connectivity index (χ1) is 20.4. The molecule has 9 N–H and O–H groups in total. The quantitative estimate of drug-likeness (QED) is 0.125. The van der Waals surface area contributed by atoms with Crippen LogP contribution >= 0.6 is 0 Å². The molecule has 0 fully saturated rings. The molecule has 230 valence electrons. The summed E-state index contributed by atoms with van der Waals surface area (Å²) in [4.78, 5) is 66.0. The number of nitrogens with two attached hydrogens (primary N) is 1. The number of hydrogen-bond acceptors (Lipinski definition) is 7. The molecule has 0 radical (unpaired) electrons. The molecule has 1 heterocycles. The van der Waals surface area contributed by atoms with Crippen LogP contribution in [0.3, 0.4) is 0 Å². The van der Waals surface area contributed by atoms with E-state index in [1.807, 2.05) is 25.1 Å². The summed E-state index contributed by atoms with van der Waals surface area (Å²) in [6.45, 7) is 3.68. The molecule has 1 aromatic heterocycles. The van der Waals surface area contributed by atoms with Crippen molar-refractivity contribution in [2.75, 3.05) is 0 Å². The summed E-state index contributed by atoms with van der Waals surface area (Å²) in [7, 11) is 0. The fraction of sp³-hybridized carbons (Fsp3) is 0.367. The van der Waals surface area contributed by atoms with Crippen molar-refractivity contribution >= 4 is 40.6 Å². The Morgan fingerprint density at radius 2 is 1.42 bits per heavy atom. The van der Waals surface area contributed by atoms with Gasteiger partial charge in [0.1, 0.15) is 23.9 Å². The molecule has 2 aromatic carbocycles. The van der Waals surface area contributed by atoms with Crippen LogP contribution in [0.2, 0.25) is 0 Å². The van der Waals surface area contributed by atoms with Crippen LogP contribution in [0.1, 0.15) is 37.8 Å². The fourth-order valence-electron chi connectivity index (χ4n) is 4.51. The Hall–Kier alpha value is -4.91. The van der Waals surface area contributed by atoms with Crippen molar-refractivity contribution in [3.05, 3.63) is 65.9 Å². The van der Waals surface area contributed by atoms with Gasteiger partial charge in [0.15, 0.2) is 0 Å². The monoisotopic (exact) mass is 595 g/mol. The van der Waals surface area contributed by atoms with Crippen LogP contribution in [0, 0.1) is 5.92 Å². The van der Waals surface area contributed by atoms with Gasteiger partial charge in [0.2, 0.25) is 17.7 Å². The number of aromatic amines is 1. The van der Waals surface area contributed by atoms with Gasteiger partial charge in [-0.3, -0.25) is 19.2 Å². The summed E-state index contributed by atoms with van der Waals surface area (Å²) in [6, 6.07) is 8.08. The lowest BCUT2D eigenvalue weighted by molar-refractivity contribution is -0.147. The number of nitrogens with one attached hydrogen (secondary N) is 4. The number of fused-ring (bicyclic) bond motifs is 1. The molecule has 0 saturated carbocycles. The molecular formula is C30H37N5O8. The van der Waals surface area contributed by atoms with Crippen molar-refractivity contribution in [2.24, 2.45) is 11.7 Å². The number of carbonyl (C=O) groups is 5. The number of para-hydroxylation sites is 1. The maximum atomic E-state index is 13.7. The molecule has 0 saturated heterocycles. The van der Waals surface area contributed by atoms with E-state index in [4.69, 9.17) is 10.8 Å². The number of rotatable bonds is 15. The molecule has 0 aliphatic carbocycles. The molecule has 0 spiro atoms. The molecule has 3 amide bonds. The third-order valence-corrected chi connectivity index (χ3v) is 7.29. The predicted octanol–water partition coefficient (Wildman–Crippen LogP) is 1.05. The highest BCUT2D eigenvalue weighted by atomic mass is 16.4. The highest BCUT2D eigenvalue weighted by Gasteiger charge is 2.32. The maximum absolute atomic E-state index is 13.7. The first-order valence-corrected chi connectivity index (χ1v) is 13.8. The van der Waals surface area contributed by atoms with Gasteiger partial charge in [0, 0.05) is 29.9 Å². The Labute approximate surface area is 247 Å². The Balaban J connectivity index is 1.92. The van der Waals surface area contributed by atoms with E-state index in [1.165, 1.54) is 12.1 Å². The number of phenols is 1. The van der Waals surface area contributed by atoms with Crippen LogP contribution in [-0.2, 0) is 36.8 Å². The van der Waals surface area contributed by atoms with E-state index in [1.54, 1.807) is 31.3 Å². The molecule has 3 rings (SSSR count). The second kappa shape index (κ2) is 14.8. The normalized spacial score (nSPS) is 14.6. The summed E-state index contributed by atoms with van der Waals surface area (Å²) < 4.78 is 0. The zero-order chi connectivity index (χ0) is 31.7. The highest BCUT2D eigenvalue weighted by molar-refractivity contribution is 5.95. The van der Waals surface area contributed by atoms with Crippen molar-refractivity contribution in [3.63, 3.8) is 0 Å². The Morgan fingerprint density at radius 1 is 0.837 bits per heavy atom. The minimum atomic E-state index is -1.74. The Morgan fingerprint density at radius 3 is 2.02 bits per heavy atom. The largest absolute Gasteiger partial charge is 0.508 e. The summed E-state index contributed by atoms with van der Waals surface area (Å²) in [5.74, 6) is -5.39. The smallest absolute Gasteiger partial charge is 0.326 e. The van der Waals surface area contributed by atoms with Gasteiger partial charge < -0.3 is 42.0 Å². The van der Waals surface area contributed by atoms with E-state index in [0.29, 0.717) is 17.5 Å². The lowest BCUT2D eigenvalue weighted by atomic mass is 9.98. The molecular weight excluding hydrogens is 558 g/mol. The molecule has 5 unspecified atom stereocenters. The third-order valence-electron chi connectivity index (χ3n) is 7.29. The number of carboxylic acid groups (broad SMARTS) is 2. The summed E-state index contributed by atoms with van der Waals surface area (Å²) in [6.07, 6.45) is 1.32. The minimum absolute atomic E-state index is 0.0106. The molecule has 0 bridgehead atoms. The topological polar surface area (TPSA) is 224 Å². The number of carbonyl (C=O) groups excluding carboxylic acids is 3. The zero-order valence-electron chi connectivity index (χ0n) is 23.9. The van der Waals surface area contributed by atoms with Gasteiger partial charge in [-0.1, -0.05) is 50.6 Å². The van der Waals surface area contributed by atoms with Crippen LogP contribution in [0.25, 0.3) is 10.9 Å². The number of benzene rings is 2. The number of carboxylic acids is 2. The van der Waals surface area contributed by atoms with E-state index in [0.717, 1.165) is 10.9 Å². The molecule has 0 aliphatic heterocycles. The lowest BCUT2D eigenvalue weighted by Gasteiger charge is -2.26. The van der Waals surface area contributed by atoms with Crippen LogP contribution in [0.15, 0.2) is 54.7 Å². The van der Waals surface area contributed by atoms with Gasteiger partial charge in [-0.2, -0.15) is 0 Å². The van der Waals surface area contributed by atoms with Crippen molar-refractivity contribution < 1.29 is 39.3 Å². The Kier molecular flexibility index (Phi) is 11.2. The second-order valence-corrected chi connectivity index (χ2v) is 10.5. The molecule has 0 aliphatic rings. The molecule has 3 aromatic rings. The van der Waals surface area contributed by atoms with Crippen LogP contribution in [-0.4, -0.2) is 74.1 Å². The number of phenolic OH excluding ortho intramolecular Hbond substituents is 1. The number of aromatic nitrogens is 1. The minimum Gasteiger partial charge on any atom is -0.508 e. The third kappa shape index (κ3) is 9.04. The fourth-order valence-corrected chi connectivity index (χ4v) is 4.51. The van der Waals surface area contributed by atoms with Gasteiger partial charge in [0.25, 0.3) is 0 Å². The Bertz CT molecular complexity index is 1450. The van der Waals surface area contributed by atoms with E-state index in [2.05, 4.69) is 20.9 Å². The summed E-state index contributed by atoms with van der Waals surface area (Å²) >= 11 is 0. The van der Waals surface area contributed by atoms with Crippen LogP contribution in [0.5, 0.6) is 5.75 Å². The van der Waals surface area contributed by atoms with Crippen LogP contribution < -0.4 is 21.7 Å². The van der Waals surface area contributed by atoms with E-state index >= 15 is 0 Å². The van der Waals surface area contributed by atoms with Crippen molar-refractivity contribution in [1.29, 1.82) is 0 Å². The van der Waals surface area contributed by atoms with E-state index in [-0.39, 0.29) is 24.5 Å². The average Bonchev–Trinajstić information content (AvgIpc) is 3.38. The predicted molar refractivity (Wildman–Crippen MR) is 157 cm³/mol. The van der Waals surface area contributed by atoms with E-state index < -0.39 is 60.2 Å². The highest BCUT2D eigenvalue weighted by Crippen LogP contribution is 2.20. The molecule has 13 heteroatoms.